The molecule has 3 nitrogen and oxygen atoms in total. The third kappa shape index (κ3) is 16.7. The molecule has 0 aliphatic rings. The summed E-state index contributed by atoms with van der Waals surface area (Å²) in [5.74, 6) is -1.14. The van der Waals surface area contributed by atoms with E-state index in [9.17, 15) is 9.90 Å². The third-order valence-electron chi connectivity index (χ3n) is 2.57. The van der Waals surface area contributed by atoms with Crippen LogP contribution < -0.4 is 34.7 Å². The van der Waals surface area contributed by atoms with Crippen LogP contribution in [0.25, 0.3) is 0 Å². The smallest absolute Gasteiger partial charge is 0.549 e. The summed E-state index contributed by atoms with van der Waals surface area (Å²) in [5.41, 5.74) is 0. The molecule has 0 heterocycles. The number of hydrogen-bond donors (Lipinski definition) is 0. The van der Waals surface area contributed by atoms with E-state index in [0.717, 1.165) is 12.8 Å². The van der Waals surface area contributed by atoms with E-state index < -0.39 is 11.3 Å². The van der Waals surface area contributed by atoms with Crippen LogP contribution >= 0.6 is 11.6 Å². The van der Waals surface area contributed by atoms with Crippen LogP contribution in [0.2, 0.25) is 0 Å². The van der Waals surface area contributed by atoms with Crippen LogP contribution in [0.1, 0.15) is 64.7 Å². The van der Waals surface area contributed by atoms with E-state index in [0.29, 0.717) is 6.42 Å². The molecule has 0 amide bonds. The second-order valence-corrected chi connectivity index (χ2v) is 4.58. The first kappa shape index (κ1) is 22.9. The van der Waals surface area contributed by atoms with Crippen molar-refractivity contribution in [2.24, 2.45) is 0 Å². The molecule has 0 fully saturated rings. The maximum atomic E-state index is 10.3. The first-order chi connectivity index (χ1) is 7.18. The predicted octanol–water partition coefficient (Wildman–Crippen LogP) is -0.946. The fraction of sp³-hybridized carbons (Fsp3) is 0.917. The minimum Gasteiger partial charge on any atom is -0.549 e. The molecule has 98 valence electrons. The normalized spacial score (nSPS) is 11.2. The van der Waals surface area contributed by atoms with Gasteiger partial charge in [0, 0.05) is 0 Å². The second kappa shape index (κ2) is 16.7. The van der Waals surface area contributed by atoms with Crippen molar-refractivity contribution in [3.63, 3.8) is 0 Å². The summed E-state index contributed by atoms with van der Waals surface area (Å²) in [4.78, 5) is 10.3. The minimum atomic E-state index is -1.14. The first-order valence-corrected chi connectivity index (χ1v) is 6.47. The number of halogens is 1. The van der Waals surface area contributed by atoms with Gasteiger partial charge in [-0.05, 0) is 6.42 Å². The Hall–Kier alpha value is 0.720. The van der Waals surface area contributed by atoms with Crippen molar-refractivity contribution in [3.8, 4) is 0 Å². The monoisotopic (exact) mass is 274 g/mol. The number of carboxylic acid groups (broad SMARTS) is 1. The van der Waals surface area contributed by atoms with Crippen molar-refractivity contribution >= 4 is 17.6 Å². The summed E-state index contributed by atoms with van der Waals surface area (Å²) >= 11 is 5.54. The average Bonchev–Trinajstić information content (AvgIpc) is 2.21. The molecule has 0 radical (unpaired) electrons. The van der Waals surface area contributed by atoms with E-state index in [1.54, 1.807) is 0 Å². The first-order valence-electron chi connectivity index (χ1n) is 6.03. The molecule has 2 N–H and O–H groups in total. The van der Waals surface area contributed by atoms with Crippen molar-refractivity contribution < 1.29 is 44.9 Å². The molecule has 1 atom stereocenters. The average molecular weight is 275 g/mol. The zero-order valence-corrected chi connectivity index (χ0v) is 13.9. The molecule has 5 heteroatoms. The molecule has 0 saturated carbocycles. The van der Waals surface area contributed by atoms with Gasteiger partial charge in [0.2, 0.25) is 0 Å². The van der Waals surface area contributed by atoms with E-state index in [2.05, 4.69) is 6.92 Å². The molecule has 0 aliphatic carbocycles. The van der Waals surface area contributed by atoms with Crippen LogP contribution in [0.5, 0.6) is 0 Å². The Kier molecular flexibility index (Phi) is 22.5. The maximum absolute atomic E-state index is 10.3. The van der Waals surface area contributed by atoms with Gasteiger partial charge in [0.25, 0.3) is 0 Å². The topological polar surface area (TPSA) is 71.6 Å². The Bertz CT molecular complexity index is 168. The summed E-state index contributed by atoms with van der Waals surface area (Å²) in [6.45, 7) is 2.21. The van der Waals surface area contributed by atoms with Crippen LogP contribution in [-0.2, 0) is 4.79 Å². The molecule has 0 aliphatic heterocycles. The molecule has 0 aromatic carbocycles. The van der Waals surface area contributed by atoms with E-state index in [4.69, 9.17) is 11.6 Å². The van der Waals surface area contributed by atoms with Gasteiger partial charge in [-0.3, -0.25) is 0 Å². The summed E-state index contributed by atoms with van der Waals surface area (Å²) < 4.78 is 0. The van der Waals surface area contributed by atoms with Gasteiger partial charge in [-0.15, -0.1) is 11.6 Å². The van der Waals surface area contributed by atoms with E-state index >= 15 is 0 Å². The maximum Gasteiger partial charge on any atom is 1.00 e. The quantitative estimate of drug-likeness (QED) is 0.293. The second-order valence-electron chi connectivity index (χ2n) is 4.05. The zero-order chi connectivity index (χ0) is 11.5. The summed E-state index contributed by atoms with van der Waals surface area (Å²) in [6.07, 6.45) is 10.2. The van der Waals surface area contributed by atoms with Crippen molar-refractivity contribution in [2.75, 3.05) is 0 Å². The van der Waals surface area contributed by atoms with Crippen molar-refractivity contribution in [3.05, 3.63) is 0 Å². The van der Waals surface area contributed by atoms with Crippen LogP contribution in [-0.4, -0.2) is 16.8 Å². The largest absolute Gasteiger partial charge is 1.00 e. The Morgan fingerprint density at radius 2 is 1.47 bits per heavy atom. The van der Waals surface area contributed by atoms with Gasteiger partial charge < -0.3 is 15.4 Å². The number of hydrogen-bond acceptors (Lipinski definition) is 2. The molecule has 0 aromatic heterocycles. The number of carboxylic acids is 1. The number of carbonyl (C=O) groups is 1. The third-order valence-corrected chi connectivity index (χ3v) is 2.96. The fourth-order valence-electron chi connectivity index (χ4n) is 1.58. The summed E-state index contributed by atoms with van der Waals surface area (Å²) in [5, 5.41) is 9.49. The molecule has 1 unspecified atom stereocenters. The van der Waals surface area contributed by atoms with Gasteiger partial charge in [0.05, 0.1) is 11.3 Å². The number of aliphatic carboxylic acids is 1. The Balaban J connectivity index is -0.000000980. The number of alkyl halides is 1. The van der Waals surface area contributed by atoms with E-state index in [1.807, 2.05) is 0 Å². The number of carbonyl (C=O) groups excluding carboxylic acids is 1. The molecule has 0 spiro atoms. The van der Waals surface area contributed by atoms with Gasteiger partial charge in [0.1, 0.15) is 0 Å². The van der Waals surface area contributed by atoms with Crippen LogP contribution in [0.15, 0.2) is 0 Å². The van der Waals surface area contributed by atoms with E-state index in [1.165, 1.54) is 38.5 Å². The Morgan fingerprint density at radius 1 is 1.06 bits per heavy atom. The molecule has 0 bridgehead atoms. The van der Waals surface area contributed by atoms with Crippen LogP contribution in [0.3, 0.4) is 0 Å². The summed E-state index contributed by atoms with van der Waals surface area (Å²) in [6, 6.07) is 0. The molecule has 0 saturated heterocycles. The van der Waals surface area contributed by atoms with Gasteiger partial charge in [-0.1, -0.05) is 58.3 Å². The van der Waals surface area contributed by atoms with Gasteiger partial charge in [0.15, 0.2) is 0 Å². The van der Waals surface area contributed by atoms with Gasteiger partial charge >= 0.3 is 29.6 Å². The molecule has 17 heavy (non-hydrogen) atoms. The number of rotatable bonds is 10. The Labute approximate surface area is 132 Å². The van der Waals surface area contributed by atoms with Crippen molar-refractivity contribution in [2.45, 2.75) is 70.1 Å². The van der Waals surface area contributed by atoms with Crippen LogP contribution in [0.4, 0.5) is 0 Å². The molecule has 0 aromatic rings. The van der Waals surface area contributed by atoms with Gasteiger partial charge in [-0.25, -0.2) is 0 Å². The number of unbranched alkanes of at least 4 members (excludes halogenated alkanes) is 7. The SMILES string of the molecule is CCCCCCCCCCC(Cl)C(=O)[O-].O.[Na+]. The van der Waals surface area contributed by atoms with Crippen molar-refractivity contribution in [1.82, 2.24) is 0 Å². The fourth-order valence-corrected chi connectivity index (χ4v) is 1.73. The Morgan fingerprint density at radius 3 is 1.88 bits per heavy atom. The van der Waals surface area contributed by atoms with Gasteiger partial charge in [-0.2, -0.15) is 0 Å². The molecule has 0 rings (SSSR count). The standard InChI is InChI=1S/C12H23ClO2.Na.H2O/c1-2-3-4-5-6-7-8-9-10-11(13)12(14)15;;/h11H,2-10H2,1H3,(H,14,15);;1H2/q;+1;/p-1. The molecular formula is C12H24ClNaO3. The predicted molar refractivity (Wildman–Crippen MR) is 65.5 cm³/mol. The van der Waals surface area contributed by atoms with E-state index in [-0.39, 0.29) is 35.0 Å². The van der Waals surface area contributed by atoms with Crippen LogP contribution in [0, 0.1) is 0 Å². The van der Waals surface area contributed by atoms with Crippen molar-refractivity contribution in [1.29, 1.82) is 0 Å². The zero-order valence-electron chi connectivity index (χ0n) is 11.1. The molecular weight excluding hydrogens is 251 g/mol. The minimum absolute atomic E-state index is 0. The summed E-state index contributed by atoms with van der Waals surface area (Å²) in [7, 11) is 0.